The monoisotopic (exact) mass is 323 g/mol. The average Bonchev–Trinajstić information content (AvgIpc) is 3.24. The highest BCUT2D eigenvalue weighted by Crippen LogP contribution is 2.29. The molecule has 0 aromatic heterocycles. The van der Waals surface area contributed by atoms with Gasteiger partial charge in [0.15, 0.2) is 6.61 Å². The summed E-state index contributed by atoms with van der Waals surface area (Å²) in [4.78, 5) is 50.1. The Morgan fingerprint density at radius 1 is 1.22 bits per heavy atom. The molecular weight excluding hydrogens is 302 g/mol. The highest BCUT2D eigenvalue weighted by atomic mass is 16.5. The van der Waals surface area contributed by atoms with Gasteiger partial charge >= 0.3 is 12.0 Å². The number of carbonyl (C=O) groups excluding carboxylic acids is 4. The van der Waals surface area contributed by atoms with Gasteiger partial charge in [0.1, 0.15) is 0 Å². The topological polar surface area (TPSA) is 96.0 Å². The van der Waals surface area contributed by atoms with Gasteiger partial charge < -0.3 is 15.0 Å². The smallest absolute Gasteiger partial charge is 0.324 e. The van der Waals surface area contributed by atoms with Gasteiger partial charge in [-0.15, -0.1) is 0 Å². The van der Waals surface area contributed by atoms with Crippen LogP contribution in [0, 0.1) is 5.92 Å². The number of hydrogen-bond acceptors (Lipinski definition) is 5. The summed E-state index contributed by atoms with van der Waals surface area (Å²) in [7, 11) is 0. The molecule has 1 saturated carbocycles. The van der Waals surface area contributed by atoms with Crippen LogP contribution in [0.4, 0.5) is 4.79 Å². The molecule has 3 aliphatic rings. The Balaban J connectivity index is 1.48. The minimum absolute atomic E-state index is 0.0101. The van der Waals surface area contributed by atoms with Crippen LogP contribution in [0.3, 0.4) is 0 Å². The van der Waals surface area contributed by atoms with Gasteiger partial charge in [0.25, 0.3) is 5.91 Å². The van der Waals surface area contributed by atoms with Crippen LogP contribution in [0.5, 0.6) is 0 Å². The van der Waals surface area contributed by atoms with Gasteiger partial charge in [-0.3, -0.25) is 19.3 Å². The van der Waals surface area contributed by atoms with E-state index in [0.29, 0.717) is 13.1 Å². The molecule has 4 amide bonds. The number of rotatable bonds is 4. The molecule has 0 aromatic rings. The van der Waals surface area contributed by atoms with E-state index in [-0.39, 0.29) is 24.9 Å². The van der Waals surface area contributed by atoms with Crippen molar-refractivity contribution in [1.82, 2.24) is 15.1 Å². The number of nitrogens with zero attached hydrogens (tertiary/aromatic N) is 2. The van der Waals surface area contributed by atoms with Gasteiger partial charge in [-0.2, -0.15) is 0 Å². The summed E-state index contributed by atoms with van der Waals surface area (Å²) in [5, 5.41) is 2.51. The Labute approximate surface area is 134 Å². The summed E-state index contributed by atoms with van der Waals surface area (Å²) >= 11 is 0. The van der Waals surface area contributed by atoms with E-state index in [9.17, 15) is 19.2 Å². The van der Waals surface area contributed by atoms with E-state index in [4.69, 9.17) is 4.74 Å². The Morgan fingerprint density at radius 2 is 1.96 bits per heavy atom. The Hall–Kier alpha value is -2.12. The van der Waals surface area contributed by atoms with Crippen LogP contribution in [0.1, 0.15) is 32.1 Å². The van der Waals surface area contributed by atoms with Crippen molar-refractivity contribution in [3.8, 4) is 0 Å². The number of amides is 4. The van der Waals surface area contributed by atoms with Gasteiger partial charge in [0.2, 0.25) is 5.91 Å². The zero-order chi connectivity index (χ0) is 16.4. The standard InChI is InChI=1S/C15H21N3O5/c19-12-7-10(8-18(12)11-3-1-2-4-11)14(21)23-9-13(20)17-6-5-16-15(17)22/h10-11H,1-9H2,(H,16,22)/t10-/m1/s1. The minimum atomic E-state index is -0.537. The van der Waals surface area contributed by atoms with Crippen molar-refractivity contribution in [2.75, 3.05) is 26.2 Å². The van der Waals surface area contributed by atoms with Crippen molar-refractivity contribution >= 4 is 23.8 Å². The third-order valence-electron chi connectivity index (χ3n) is 4.75. The largest absolute Gasteiger partial charge is 0.455 e. The molecule has 3 rings (SSSR count). The summed E-state index contributed by atoms with van der Waals surface area (Å²) in [5.74, 6) is -1.59. The normalized spacial score (nSPS) is 25.1. The number of likely N-dealkylation sites (tertiary alicyclic amines) is 1. The van der Waals surface area contributed by atoms with Crippen molar-refractivity contribution in [1.29, 1.82) is 0 Å². The fourth-order valence-electron chi connectivity index (χ4n) is 3.50. The van der Waals surface area contributed by atoms with Crippen LogP contribution < -0.4 is 5.32 Å². The lowest BCUT2D eigenvalue weighted by Crippen LogP contribution is -2.38. The van der Waals surface area contributed by atoms with E-state index in [2.05, 4.69) is 5.32 Å². The van der Waals surface area contributed by atoms with E-state index in [1.165, 1.54) is 0 Å². The summed E-state index contributed by atoms with van der Waals surface area (Å²) in [6.07, 6.45) is 4.38. The Kier molecular flexibility index (Phi) is 4.49. The number of carbonyl (C=O) groups is 4. The fourth-order valence-corrected chi connectivity index (χ4v) is 3.50. The Morgan fingerprint density at radius 3 is 2.61 bits per heavy atom. The molecule has 2 heterocycles. The van der Waals surface area contributed by atoms with Crippen molar-refractivity contribution in [2.24, 2.45) is 5.92 Å². The predicted molar refractivity (Wildman–Crippen MR) is 78.1 cm³/mol. The average molecular weight is 323 g/mol. The first-order valence-electron chi connectivity index (χ1n) is 8.10. The van der Waals surface area contributed by atoms with Crippen LogP contribution in [0.25, 0.3) is 0 Å². The van der Waals surface area contributed by atoms with Gasteiger partial charge in [-0.1, -0.05) is 12.8 Å². The molecule has 0 bridgehead atoms. The molecule has 3 fully saturated rings. The molecule has 0 radical (unpaired) electrons. The third-order valence-corrected chi connectivity index (χ3v) is 4.75. The SMILES string of the molecule is O=C(OCC(=O)N1CCNC1=O)[C@@H]1CC(=O)N(C2CCCC2)C1. The first kappa shape index (κ1) is 15.8. The zero-order valence-corrected chi connectivity index (χ0v) is 13.0. The molecule has 0 unspecified atom stereocenters. The van der Waals surface area contributed by atoms with Gasteiger partial charge in [-0.25, -0.2) is 4.79 Å². The lowest BCUT2D eigenvalue weighted by Gasteiger charge is -2.23. The second-order valence-corrected chi connectivity index (χ2v) is 6.27. The van der Waals surface area contributed by atoms with Crippen molar-refractivity contribution in [2.45, 2.75) is 38.1 Å². The van der Waals surface area contributed by atoms with Gasteiger partial charge in [0, 0.05) is 32.1 Å². The van der Waals surface area contributed by atoms with Crippen LogP contribution in [-0.2, 0) is 19.1 Å². The first-order chi connectivity index (χ1) is 11.1. The van der Waals surface area contributed by atoms with Crippen molar-refractivity contribution in [3.05, 3.63) is 0 Å². The van der Waals surface area contributed by atoms with Gasteiger partial charge in [-0.05, 0) is 12.8 Å². The van der Waals surface area contributed by atoms with E-state index < -0.39 is 30.4 Å². The molecule has 23 heavy (non-hydrogen) atoms. The summed E-state index contributed by atoms with van der Waals surface area (Å²) in [6.45, 7) is 0.611. The van der Waals surface area contributed by atoms with Crippen molar-refractivity contribution in [3.63, 3.8) is 0 Å². The molecule has 1 N–H and O–H groups in total. The third kappa shape index (κ3) is 3.30. The molecule has 8 nitrogen and oxygen atoms in total. The molecule has 2 saturated heterocycles. The quantitative estimate of drug-likeness (QED) is 0.727. The summed E-state index contributed by atoms with van der Waals surface area (Å²) < 4.78 is 5.02. The van der Waals surface area contributed by atoms with E-state index in [0.717, 1.165) is 30.6 Å². The second kappa shape index (κ2) is 6.55. The number of esters is 1. The van der Waals surface area contributed by atoms with Crippen LogP contribution in [-0.4, -0.2) is 65.9 Å². The van der Waals surface area contributed by atoms with Crippen LogP contribution >= 0.6 is 0 Å². The predicted octanol–water partition coefficient (Wildman–Crippen LogP) is -0.127. The maximum Gasteiger partial charge on any atom is 0.324 e. The van der Waals surface area contributed by atoms with E-state index in [1.807, 2.05) is 0 Å². The summed E-state index contributed by atoms with van der Waals surface area (Å²) in [5.41, 5.74) is 0. The number of hydrogen-bond donors (Lipinski definition) is 1. The Bertz CT molecular complexity index is 529. The van der Waals surface area contributed by atoms with E-state index in [1.54, 1.807) is 4.90 Å². The second-order valence-electron chi connectivity index (χ2n) is 6.27. The molecule has 0 spiro atoms. The highest BCUT2D eigenvalue weighted by molar-refractivity contribution is 5.97. The number of nitrogens with one attached hydrogen (secondary N) is 1. The van der Waals surface area contributed by atoms with Crippen molar-refractivity contribution < 1.29 is 23.9 Å². The molecule has 1 atom stereocenters. The number of urea groups is 1. The molecule has 2 aliphatic heterocycles. The molecule has 0 aromatic carbocycles. The van der Waals surface area contributed by atoms with Crippen LogP contribution in [0.2, 0.25) is 0 Å². The maximum atomic E-state index is 12.1. The first-order valence-corrected chi connectivity index (χ1v) is 8.10. The minimum Gasteiger partial charge on any atom is -0.455 e. The lowest BCUT2D eigenvalue weighted by atomic mass is 10.1. The van der Waals surface area contributed by atoms with Gasteiger partial charge in [0.05, 0.1) is 5.92 Å². The number of imide groups is 1. The highest BCUT2D eigenvalue weighted by Gasteiger charge is 2.39. The van der Waals surface area contributed by atoms with Crippen LogP contribution in [0.15, 0.2) is 0 Å². The maximum absolute atomic E-state index is 12.1. The number of ether oxygens (including phenoxy) is 1. The molecule has 126 valence electrons. The fraction of sp³-hybridized carbons (Fsp3) is 0.733. The van der Waals surface area contributed by atoms with E-state index >= 15 is 0 Å². The molecular formula is C15H21N3O5. The molecule has 8 heteroatoms. The summed E-state index contributed by atoms with van der Waals surface area (Å²) in [6, 6.07) is -0.218. The molecule has 1 aliphatic carbocycles. The zero-order valence-electron chi connectivity index (χ0n) is 13.0. The lowest BCUT2D eigenvalue weighted by molar-refractivity contribution is -0.154.